The number of aromatic nitrogens is 1. The van der Waals surface area contributed by atoms with Crippen LogP contribution in [0, 0.1) is 6.92 Å². The normalized spacial score (nSPS) is 10.9. The molecule has 0 unspecified atom stereocenters. The van der Waals surface area contributed by atoms with Crippen LogP contribution in [0.3, 0.4) is 0 Å². The maximum absolute atomic E-state index is 12.1. The second kappa shape index (κ2) is 8.44. The Hall–Kier alpha value is -3.42. The lowest BCUT2D eigenvalue weighted by Crippen LogP contribution is -2.28. The SMILES string of the molecule is CC(=O)N/C(=C\c1ccccc1)C(=O)OCC(=O)Nc1cc(C)on1. The van der Waals surface area contributed by atoms with Gasteiger partial charge in [0, 0.05) is 13.0 Å². The van der Waals surface area contributed by atoms with Gasteiger partial charge in [-0.25, -0.2) is 4.79 Å². The smallest absolute Gasteiger partial charge is 0.355 e. The van der Waals surface area contributed by atoms with Crippen molar-refractivity contribution < 1.29 is 23.6 Å². The predicted octanol–water partition coefficient (Wildman–Crippen LogP) is 1.64. The van der Waals surface area contributed by atoms with Crippen LogP contribution >= 0.6 is 0 Å². The molecule has 0 fully saturated rings. The molecule has 0 aliphatic carbocycles. The van der Waals surface area contributed by atoms with Crippen molar-refractivity contribution in [2.45, 2.75) is 13.8 Å². The van der Waals surface area contributed by atoms with E-state index in [9.17, 15) is 14.4 Å². The van der Waals surface area contributed by atoms with Crippen molar-refractivity contribution in [3.63, 3.8) is 0 Å². The summed E-state index contributed by atoms with van der Waals surface area (Å²) in [4.78, 5) is 35.1. The summed E-state index contributed by atoms with van der Waals surface area (Å²) in [6.07, 6.45) is 1.46. The fourth-order valence-corrected chi connectivity index (χ4v) is 1.86. The van der Waals surface area contributed by atoms with Gasteiger partial charge in [0.05, 0.1) is 0 Å². The van der Waals surface area contributed by atoms with Crippen LogP contribution in [0.2, 0.25) is 0 Å². The minimum atomic E-state index is -0.828. The molecule has 0 spiro atoms. The average Bonchev–Trinajstić information content (AvgIpc) is 2.97. The zero-order valence-corrected chi connectivity index (χ0v) is 13.7. The highest BCUT2D eigenvalue weighted by Crippen LogP contribution is 2.08. The van der Waals surface area contributed by atoms with Crippen LogP contribution in [0.25, 0.3) is 6.08 Å². The molecule has 0 bridgehead atoms. The molecule has 8 nitrogen and oxygen atoms in total. The number of carbonyl (C=O) groups excluding carboxylic acids is 3. The number of ether oxygens (including phenoxy) is 1. The molecular formula is C17H17N3O5. The van der Waals surface area contributed by atoms with Crippen LogP contribution in [-0.2, 0) is 19.1 Å². The van der Waals surface area contributed by atoms with Crippen LogP contribution in [-0.4, -0.2) is 29.5 Å². The Kier molecular flexibility index (Phi) is 6.05. The highest BCUT2D eigenvalue weighted by Gasteiger charge is 2.15. The number of benzene rings is 1. The number of anilines is 1. The maximum Gasteiger partial charge on any atom is 0.355 e. The van der Waals surface area contributed by atoms with Gasteiger partial charge in [-0.15, -0.1) is 0 Å². The predicted molar refractivity (Wildman–Crippen MR) is 89.1 cm³/mol. The first-order chi connectivity index (χ1) is 11.9. The third-order valence-electron chi connectivity index (χ3n) is 2.87. The summed E-state index contributed by atoms with van der Waals surface area (Å²) in [7, 11) is 0. The lowest BCUT2D eigenvalue weighted by molar-refractivity contribution is -0.144. The number of rotatable bonds is 6. The Labute approximate surface area is 143 Å². The van der Waals surface area contributed by atoms with E-state index >= 15 is 0 Å². The van der Waals surface area contributed by atoms with E-state index in [0.29, 0.717) is 11.3 Å². The van der Waals surface area contributed by atoms with E-state index in [4.69, 9.17) is 9.26 Å². The van der Waals surface area contributed by atoms with Gasteiger partial charge in [0.2, 0.25) is 5.91 Å². The Morgan fingerprint density at radius 2 is 1.96 bits per heavy atom. The summed E-state index contributed by atoms with van der Waals surface area (Å²) in [5, 5.41) is 8.41. The molecule has 0 saturated carbocycles. The Balaban J connectivity index is 1.98. The molecule has 0 aliphatic heterocycles. The summed E-state index contributed by atoms with van der Waals surface area (Å²) in [6, 6.07) is 10.4. The van der Waals surface area contributed by atoms with Gasteiger partial charge in [-0.05, 0) is 18.6 Å². The lowest BCUT2D eigenvalue weighted by Gasteiger charge is -2.08. The van der Waals surface area contributed by atoms with E-state index in [-0.39, 0.29) is 11.5 Å². The third-order valence-corrected chi connectivity index (χ3v) is 2.87. The number of esters is 1. The van der Waals surface area contributed by atoms with Gasteiger partial charge in [0.25, 0.3) is 5.91 Å². The van der Waals surface area contributed by atoms with E-state index in [0.717, 1.165) is 0 Å². The van der Waals surface area contributed by atoms with Crippen LogP contribution in [0.4, 0.5) is 5.82 Å². The second-order valence-electron chi connectivity index (χ2n) is 5.10. The standard InChI is InChI=1S/C17H17N3O5/c1-11-8-15(20-25-11)19-16(22)10-24-17(23)14(18-12(2)21)9-13-6-4-3-5-7-13/h3-9H,10H2,1-2H3,(H,18,21)(H,19,20,22)/b14-9-. The zero-order chi connectivity index (χ0) is 18.2. The first kappa shape index (κ1) is 17.9. The Bertz CT molecular complexity index is 796. The highest BCUT2D eigenvalue weighted by atomic mass is 16.5. The van der Waals surface area contributed by atoms with Gasteiger partial charge < -0.3 is 19.9 Å². The van der Waals surface area contributed by atoms with Gasteiger partial charge in [-0.1, -0.05) is 35.5 Å². The molecular weight excluding hydrogens is 326 g/mol. The third kappa shape index (κ3) is 5.94. The number of carbonyl (C=O) groups is 3. The number of nitrogens with zero attached hydrogens (tertiary/aromatic N) is 1. The van der Waals surface area contributed by atoms with Crippen molar-refractivity contribution in [2.75, 3.05) is 11.9 Å². The average molecular weight is 343 g/mol. The summed E-state index contributed by atoms with van der Waals surface area (Å²) >= 11 is 0. The molecule has 2 N–H and O–H groups in total. The van der Waals surface area contributed by atoms with E-state index < -0.39 is 24.4 Å². The number of aryl methyl sites for hydroxylation is 1. The van der Waals surface area contributed by atoms with Gasteiger partial charge >= 0.3 is 5.97 Å². The minimum absolute atomic E-state index is 0.0659. The molecule has 2 rings (SSSR count). The molecule has 1 heterocycles. The molecule has 1 aromatic heterocycles. The van der Waals surface area contributed by atoms with Crippen molar-refractivity contribution in [1.82, 2.24) is 10.5 Å². The summed E-state index contributed by atoms with van der Waals surface area (Å²) in [5.74, 6) is -1.08. The van der Waals surface area contributed by atoms with Crippen molar-refractivity contribution in [2.24, 2.45) is 0 Å². The van der Waals surface area contributed by atoms with E-state index in [1.54, 1.807) is 31.2 Å². The van der Waals surface area contributed by atoms with Gasteiger partial charge in [0.1, 0.15) is 11.5 Å². The number of hydrogen-bond donors (Lipinski definition) is 2. The number of hydrogen-bond acceptors (Lipinski definition) is 6. The molecule has 0 atom stereocenters. The molecule has 0 saturated heterocycles. The number of amides is 2. The van der Waals surface area contributed by atoms with Gasteiger partial charge in [-0.3, -0.25) is 9.59 Å². The van der Waals surface area contributed by atoms with Gasteiger partial charge in [0.15, 0.2) is 12.4 Å². The fraction of sp³-hybridized carbons (Fsp3) is 0.176. The topological polar surface area (TPSA) is 111 Å². The molecule has 2 amide bonds. The van der Waals surface area contributed by atoms with E-state index in [2.05, 4.69) is 15.8 Å². The molecule has 25 heavy (non-hydrogen) atoms. The second-order valence-corrected chi connectivity index (χ2v) is 5.10. The fourth-order valence-electron chi connectivity index (χ4n) is 1.86. The Morgan fingerprint density at radius 1 is 1.24 bits per heavy atom. The van der Waals surface area contributed by atoms with Crippen LogP contribution in [0.1, 0.15) is 18.2 Å². The quantitative estimate of drug-likeness (QED) is 0.609. The monoisotopic (exact) mass is 343 g/mol. The maximum atomic E-state index is 12.1. The summed E-state index contributed by atoms with van der Waals surface area (Å²) < 4.78 is 9.74. The minimum Gasteiger partial charge on any atom is -0.451 e. The van der Waals surface area contributed by atoms with Crippen molar-refractivity contribution in [3.8, 4) is 0 Å². The van der Waals surface area contributed by atoms with Crippen molar-refractivity contribution in [1.29, 1.82) is 0 Å². The summed E-state index contributed by atoms with van der Waals surface area (Å²) in [6.45, 7) is 2.42. The zero-order valence-electron chi connectivity index (χ0n) is 13.7. The summed E-state index contributed by atoms with van der Waals surface area (Å²) in [5.41, 5.74) is 0.634. The van der Waals surface area contributed by atoms with Crippen LogP contribution < -0.4 is 10.6 Å². The van der Waals surface area contributed by atoms with Gasteiger partial charge in [-0.2, -0.15) is 0 Å². The van der Waals surface area contributed by atoms with Crippen LogP contribution in [0.5, 0.6) is 0 Å². The molecule has 2 aromatic rings. The molecule has 0 radical (unpaired) electrons. The molecule has 130 valence electrons. The highest BCUT2D eigenvalue weighted by molar-refractivity contribution is 5.99. The largest absolute Gasteiger partial charge is 0.451 e. The van der Waals surface area contributed by atoms with E-state index in [1.165, 1.54) is 19.1 Å². The Morgan fingerprint density at radius 3 is 2.56 bits per heavy atom. The van der Waals surface area contributed by atoms with Crippen molar-refractivity contribution >= 4 is 29.7 Å². The molecule has 0 aliphatic rings. The first-order valence-corrected chi connectivity index (χ1v) is 7.38. The molecule has 1 aromatic carbocycles. The van der Waals surface area contributed by atoms with E-state index in [1.807, 2.05) is 6.07 Å². The lowest BCUT2D eigenvalue weighted by atomic mass is 10.2. The number of nitrogens with one attached hydrogen (secondary N) is 2. The first-order valence-electron chi connectivity index (χ1n) is 7.38. The van der Waals surface area contributed by atoms with Crippen molar-refractivity contribution in [3.05, 3.63) is 53.4 Å². The molecule has 8 heteroatoms. The van der Waals surface area contributed by atoms with Crippen LogP contribution in [0.15, 0.2) is 46.6 Å².